The number of aryl methyl sites for hydroxylation is 1. The third kappa shape index (κ3) is 4.51. The SMILES string of the molecule is COC(C)(C)c1c(C(O)c2cc(C)cc(C#N)c2)n(Cc2ccnc(F)c2)c(=O)[nH]c1=O. The highest BCUT2D eigenvalue weighted by molar-refractivity contribution is 5.42. The van der Waals surface area contributed by atoms with Gasteiger partial charge in [0.2, 0.25) is 5.95 Å². The first-order valence-electron chi connectivity index (χ1n) is 9.80. The summed E-state index contributed by atoms with van der Waals surface area (Å²) in [5.41, 5.74) is -0.838. The normalized spacial score (nSPS) is 12.4. The number of nitriles is 1. The number of aliphatic hydroxyl groups is 1. The zero-order valence-corrected chi connectivity index (χ0v) is 18.1. The Hall–Kier alpha value is -3.61. The molecule has 3 aromatic rings. The van der Waals surface area contributed by atoms with Crippen LogP contribution in [-0.4, -0.2) is 26.8 Å². The molecule has 3 rings (SSSR count). The molecule has 0 spiro atoms. The lowest BCUT2D eigenvalue weighted by Gasteiger charge is -2.29. The number of aromatic amines is 1. The van der Waals surface area contributed by atoms with E-state index in [1.807, 2.05) is 6.07 Å². The Morgan fingerprint density at radius 3 is 2.66 bits per heavy atom. The maximum absolute atomic E-state index is 13.7. The van der Waals surface area contributed by atoms with Crippen molar-refractivity contribution in [3.05, 3.63) is 96.8 Å². The van der Waals surface area contributed by atoms with Crippen LogP contribution in [0.15, 0.2) is 46.1 Å². The van der Waals surface area contributed by atoms with E-state index in [1.54, 1.807) is 32.9 Å². The van der Waals surface area contributed by atoms with Crippen molar-refractivity contribution in [2.24, 2.45) is 0 Å². The highest BCUT2D eigenvalue weighted by Gasteiger charge is 2.33. The largest absolute Gasteiger partial charge is 0.382 e. The van der Waals surface area contributed by atoms with Crippen molar-refractivity contribution in [1.29, 1.82) is 5.26 Å². The highest BCUT2D eigenvalue weighted by Crippen LogP contribution is 2.31. The molecular weight excluding hydrogens is 415 g/mol. The average Bonchev–Trinajstić information content (AvgIpc) is 2.74. The Balaban J connectivity index is 2.34. The Morgan fingerprint density at radius 2 is 2.03 bits per heavy atom. The minimum Gasteiger partial charge on any atom is -0.382 e. The van der Waals surface area contributed by atoms with Crippen molar-refractivity contribution in [3.8, 4) is 6.07 Å². The summed E-state index contributed by atoms with van der Waals surface area (Å²) in [6.07, 6.45) is -0.176. The minimum atomic E-state index is -1.44. The number of H-pyrrole nitrogens is 1. The maximum Gasteiger partial charge on any atom is 0.328 e. The van der Waals surface area contributed by atoms with Gasteiger partial charge in [-0.3, -0.25) is 14.3 Å². The van der Waals surface area contributed by atoms with Crippen LogP contribution in [0.4, 0.5) is 4.39 Å². The van der Waals surface area contributed by atoms with Crippen LogP contribution >= 0.6 is 0 Å². The van der Waals surface area contributed by atoms with Gasteiger partial charge in [-0.25, -0.2) is 9.78 Å². The molecule has 0 saturated carbocycles. The summed E-state index contributed by atoms with van der Waals surface area (Å²) in [5, 5.41) is 20.7. The molecule has 1 atom stereocenters. The molecule has 0 radical (unpaired) electrons. The van der Waals surface area contributed by atoms with Gasteiger partial charge in [-0.15, -0.1) is 0 Å². The van der Waals surface area contributed by atoms with E-state index in [9.17, 15) is 24.3 Å². The summed E-state index contributed by atoms with van der Waals surface area (Å²) in [6.45, 7) is 4.89. The van der Waals surface area contributed by atoms with Crippen molar-refractivity contribution in [2.75, 3.05) is 7.11 Å². The van der Waals surface area contributed by atoms with Crippen LogP contribution in [-0.2, 0) is 16.9 Å². The Morgan fingerprint density at radius 1 is 1.31 bits per heavy atom. The number of methoxy groups -OCH3 is 1. The predicted octanol–water partition coefficient (Wildman–Crippen LogP) is 2.26. The summed E-state index contributed by atoms with van der Waals surface area (Å²) < 4.78 is 20.3. The molecule has 1 unspecified atom stereocenters. The number of pyridine rings is 1. The van der Waals surface area contributed by atoms with Gasteiger partial charge in [0.1, 0.15) is 6.10 Å². The number of hydrogen-bond acceptors (Lipinski definition) is 6. The van der Waals surface area contributed by atoms with Gasteiger partial charge < -0.3 is 9.84 Å². The molecule has 0 saturated heterocycles. The first-order chi connectivity index (χ1) is 15.1. The fraction of sp³-hybridized carbons (Fsp3) is 0.304. The lowest BCUT2D eigenvalue weighted by molar-refractivity contribution is 0.0143. The van der Waals surface area contributed by atoms with Crippen LogP contribution in [0.3, 0.4) is 0 Å². The van der Waals surface area contributed by atoms with Gasteiger partial charge in [-0.1, -0.05) is 6.07 Å². The van der Waals surface area contributed by atoms with E-state index in [4.69, 9.17) is 4.74 Å². The minimum absolute atomic E-state index is 0.00249. The third-order valence-corrected chi connectivity index (χ3v) is 5.29. The predicted molar refractivity (Wildman–Crippen MR) is 115 cm³/mol. The number of benzene rings is 1. The molecule has 0 fully saturated rings. The van der Waals surface area contributed by atoms with Gasteiger partial charge in [-0.2, -0.15) is 9.65 Å². The molecular formula is C23H23FN4O4. The molecule has 166 valence electrons. The second-order valence-corrected chi connectivity index (χ2v) is 7.95. The molecule has 0 bridgehead atoms. The van der Waals surface area contributed by atoms with Gasteiger partial charge in [0.05, 0.1) is 35.0 Å². The number of aliphatic hydroxyl groups excluding tert-OH is 1. The van der Waals surface area contributed by atoms with Crippen molar-refractivity contribution in [2.45, 2.75) is 39.0 Å². The number of nitrogens with one attached hydrogen (secondary N) is 1. The van der Waals surface area contributed by atoms with Crippen molar-refractivity contribution in [1.82, 2.24) is 14.5 Å². The van der Waals surface area contributed by atoms with Gasteiger partial charge in [0, 0.05) is 13.3 Å². The molecule has 2 aromatic heterocycles. The van der Waals surface area contributed by atoms with Gasteiger partial charge in [-0.05, 0) is 61.7 Å². The number of hydrogen-bond donors (Lipinski definition) is 2. The van der Waals surface area contributed by atoms with E-state index in [1.165, 1.54) is 30.0 Å². The van der Waals surface area contributed by atoms with E-state index < -0.39 is 28.9 Å². The maximum atomic E-state index is 13.7. The molecule has 32 heavy (non-hydrogen) atoms. The molecule has 8 nitrogen and oxygen atoms in total. The van der Waals surface area contributed by atoms with Crippen LogP contribution in [0.25, 0.3) is 0 Å². The summed E-state index contributed by atoms with van der Waals surface area (Å²) in [6, 6.07) is 9.53. The lowest BCUT2D eigenvalue weighted by Crippen LogP contribution is -2.42. The smallest absolute Gasteiger partial charge is 0.328 e. The topological polar surface area (TPSA) is 121 Å². The van der Waals surface area contributed by atoms with Crippen LogP contribution in [0.1, 0.15) is 53.5 Å². The van der Waals surface area contributed by atoms with Gasteiger partial charge >= 0.3 is 5.69 Å². The monoisotopic (exact) mass is 438 g/mol. The Labute approximate surface area is 183 Å². The Kier molecular flexibility index (Phi) is 6.39. The molecule has 0 aliphatic rings. The van der Waals surface area contributed by atoms with E-state index in [-0.39, 0.29) is 17.8 Å². The van der Waals surface area contributed by atoms with Crippen LogP contribution in [0.5, 0.6) is 0 Å². The average molecular weight is 438 g/mol. The third-order valence-electron chi connectivity index (χ3n) is 5.29. The summed E-state index contributed by atoms with van der Waals surface area (Å²) in [7, 11) is 1.41. The summed E-state index contributed by atoms with van der Waals surface area (Å²) in [5.74, 6) is -0.725. The summed E-state index contributed by atoms with van der Waals surface area (Å²) in [4.78, 5) is 31.5. The van der Waals surface area contributed by atoms with Crippen molar-refractivity contribution >= 4 is 0 Å². The number of halogens is 1. The standard InChI is InChI=1S/C23H23FN4O4/c1-13-7-15(11-25)9-16(8-13)20(29)19-18(23(2,3)32-4)21(30)27-22(31)28(19)12-14-5-6-26-17(24)10-14/h5-10,20,29H,12H2,1-4H3,(H,27,30,31). The fourth-order valence-corrected chi connectivity index (χ4v) is 3.63. The Bertz CT molecular complexity index is 1320. The number of ether oxygens (including phenoxy) is 1. The first kappa shape index (κ1) is 23.1. The molecule has 2 heterocycles. The van der Waals surface area contributed by atoms with Gasteiger partial charge in [0.15, 0.2) is 0 Å². The number of aromatic nitrogens is 3. The van der Waals surface area contributed by atoms with E-state index in [2.05, 4.69) is 9.97 Å². The molecule has 1 aromatic carbocycles. The molecule has 9 heteroatoms. The second kappa shape index (κ2) is 8.86. The van der Waals surface area contributed by atoms with Crippen molar-refractivity contribution in [3.63, 3.8) is 0 Å². The zero-order chi connectivity index (χ0) is 23.6. The van der Waals surface area contributed by atoms with Crippen molar-refractivity contribution < 1.29 is 14.2 Å². The molecule has 0 aliphatic carbocycles. The highest BCUT2D eigenvalue weighted by atomic mass is 19.1. The fourth-order valence-electron chi connectivity index (χ4n) is 3.63. The van der Waals surface area contributed by atoms with E-state index in [0.29, 0.717) is 16.7 Å². The van der Waals surface area contributed by atoms with Gasteiger partial charge in [0.25, 0.3) is 5.56 Å². The number of rotatable bonds is 6. The van der Waals surface area contributed by atoms with Crippen LogP contribution in [0.2, 0.25) is 0 Å². The van der Waals surface area contributed by atoms with Crippen LogP contribution in [0, 0.1) is 24.2 Å². The van der Waals surface area contributed by atoms with Crippen LogP contribution < -0.4 is 11.2 Å². The quantitative estimate of drug-likeness (QED) is 0.570. The lowest BCUT2D eigenvalue weighted by atomic mass is 9.91. The summed E-state index contributed by atoms with van der Waals surface area (Å²) >= 11 is 0. The molecule has 0 amide bonds. The first-order valence-corrected chi connectivity index (χ1v) is 9.80. The second-order valence-electron chi connectivity index (χ2n) is 7.95. The van der Waals surface area contributed by atoms with E-state index in [0.717, 1.165) is 11.6 Å². The zero-order valence-electron chi connectivity index (χ0n) is 18.1. The molecule has 0 aliphatic heterocycles. The molecule has 2 N–H and O–H groups in total. The number of nitrogens with zero attached hydrogens (tertiary/aromatic N) is 3. The van der Waals surface area contributed by atoms with E-state index >= 15 is 0 Å².